The third kappa shape index (κ3) is 4.87. The lowest BCUT2D eigenvalue weighted by atomic mass is 10.0. The Morgan fingerprint density at radius 3 is 2.30 bits per heavy atom. The molecule has 3 aromatic rings. The summed E-state index contributed by atoms with van der Waals surface area (Å²) in [5.74, 6) is -0.558. The molecule has 0 saturated carbocycles. The molecule has 0 aliphatic carbocycles. The number of hydrogen-bond donors (Lipinski definition) is 2. The summed E-state index contributed by atoms with van der Waals surface area (Å²) in [6.07, 6.45) is 0.942. The SMILES string of the molecule is CCC(=O)c1ccc(OCc2cccc(Cc3cccc(C(=O)O)c3)c2)c(C)c1O. The van der Waals surface area contributed by atoms with Crippen LogP contribution in [0.3, 0.4) is 0 Å². The molecule has 154 valence electrons. The third-order valence-corrected chi connectivity index (χ3v) is 4.97. The van der Waals surface area contributed by atoms with E-state index in [4.69, 9.17) is 9.84 Å². The molecule has 5 nitrogen and oxygen atoms in total. The Morgan fingerprint density at radius 2 is 1.60 bits per heavy atom. The molecule has 0 saturated heterocycles. The van der Waals surface area contributed by atoms with Crippen LogP contribution in [0.2, 0.25) is 0 Å². The molecule has 3 rings (SSSR count). The van der Waals surface area contributed by atoms with Crippen molar-refractivity contribution < 1.29 is 24.5 Å². The molecule has 0 bridgehead atoms. The number of carbonyl (C=O) groups excluding carboxylic acids is 1. The van der Waals surface area contributed by atoms with E-state index in [0.717, 1.165) is 16.7 Å². The molecular formula is C25H24O5. The molecule has 30 heavy (non-hydrogen) atoms. The maximum absolute atomic E-state index is 11.9. The van der Waals surface area contributed by atoms with Gasteiger partial charge in [0.25, 0.3) is 0 Å². The summed E-state index contributed by atoms with van der Waals surface area (Å²) < 4.78 is 5.88. The fourth-order valence-corrected chi connectivity index (χ4v) is 3.29. The molecule has 0 fully saturated rings. The van der Waals surface area contributed by atoms with Gasteiger partial charge in [-0.3, -0.25) is 4.79 Å². The maximum Gasteiger partial charge on any atom is 0.335 e. The van der Waals surface area contributed by atoms with Gasteiger partial charge in [-0.25, -0.2) is 4.79 Å². The predicted molar refractivity (Wildman–Crippen MR) is 114 cm³/mol. The van der Waals surface area contributed by atoms with E-state index in [-0.39, 0.29) is 17.1 Å². The van der Waals surface area contributed by atoms with Crippen LogP contribution >= 0.6 is 0 Å². The summed E-state index contributed by atoms with van der Waals surface area (Å²) in [6, 6.07) is 18.1. The number of carboxylic acids is 1. The number of carbonyl (C=O) groups is 2. The Labute approximate surface area is 175 Å². The standard InChI is InChI=1S/C25H24O5/c1-3-22(26)21-10-11-23(16(2)24(21)27)30-15-19-8-4-6-17(13-19)12-18-7-5-9-20(14-18)25(28)29/h4-11,13-14,27H,3,12,15H2,1-2H3,(H,28,29). The zero-order valence-corrected chi connectivity index (χ0v) is 17.0. The van der Waals surface area contributed by atoms with Gasteiger partial charge in [-0.15, -0.1) is 0 Å². The van der Waals surface area contributed by atoms with Crippen LogP contribution in [0.5, 0.6) is 11.5 Å². The van der Waals surface area contributed by atoms with E-state index in [2.05, 4.69) is 0 Å². The summed E-state index contributed by atoms with van der Waals surface area (Å²) in [7, 11) is 0. The second kappa shape index (κ2) is 9.27. The van der Waals surface area contributed by atoms with E-state index in [1.807, 2.05) is 30.3 Å². The van der Waals surface area contributed by atoms with Gasteiger partial charge in [-0.05, 0) is 54.3 Å². The Morgan fingerprint density at radius 1 is 0.933 bits per heavy atom. The normalized spacial score (nSPS) is 10.6. The number of carboxylic acid groups (broad SMARTS) is 1. The predicted octanol–water partition coefficient (Wildman–Crippen LogP) is 5.16. The van der Waals surface area contributed by atoms with Crippen LogP contribution < -0.4 is 4.74 Å². The van der Waals surface area contributed by atoms with E-state index in [0.29, 0.717) is 36.3 Å². The van der Waals surface area contributed by atoms with Crippen molar-refractivity contribution in [1.82, 2.24) is 0 Å². The van der Waals surface area contributed by atoms with Crippen LogP contribution in [0.4, 0.5) is 0 Å². The minimum absolute atomic E-state index is 0.0357. The molecular weight excluding hydrogens is 380 g/mol. The summed E-state index contributed by atoms with van der Waals surface area (Å²) in [5.41, 5.74) is 4.04. The van der Waals surface area contributed by atoms with Gasteiger partial charge < -0.3 is 14.9 Å². The van der Waals surface area contributed by atoms with E-state index in [1.54, 1.807) is 44.2 Å². The van der Waals surface area contributed by atoms with Crippen molar-refractivity contribution in [3.63, 3.8) is 0 Å². The number of rotatable bonds is 8. The topological polar surface area (TPSA) is 83.8 Å². The fourth-order valence-electron chi connectivity index (χ4n) is 3.29. The van der Waals surface area contributed by atoms with Gasteiger partial charge in [0.1, 0.15) is 18.1 Å². The van der Waals surface area contributed by atoms with Gasteiger partial charge in [0, 0.05) is 12.0 Å². The molecule has 0 aliphatic rings. The second-order valence-corrected chi connectivity index (χ2v) is 7.15. The van der Waals surface area contributed by atoms with E-state index >= 15 is 0 Å². The number of aromatic hydroxyl groups is 1. The number of benzene rings is 3. The number of aromatic carboxylic acids is 1. The van der Waals surface area contributed by atoms with Crippen molar-refractivity contribution in [2.75, 3.05) is 0 Å². The largest absolute Gasteiger partial charge is 0.507 e. The Balaban J connectivity index is 1.72. The third-order valence-electron chi connectivity index (χ3n) is 4.97. The van der Waals surface area contributed by atoms with Gasteiger partial charge >= 0.3 is 5.97 Å². The highest BCUT2D eigenvalue weighted by Gasteiger charge is 2.15. The van der Waals surface area contributed by atoms with Crippen LogP contribution in [0.1, 0.15) is 56.3 Å². The number of Topliss-reactive ketones (excluding diaryl/α,β-unsaturated/α-hetero) is 1. The minimum Gasteiger partial charge on any atom is -0.507 e. The van der Waals surface area contributed by atoms with Crippen molar-refractivity contribution in [3.05, 3.63) is 94.0 Å². The summed E-state index contributed by atoms with van der Waals surface area (Å²) in [6.45, 7) is 3.79. The molecule has 0 heterocycles. The molecule has 0 amide bonds. The average Bonchev–Trinajstić information content (AvgIpc) is 2.74. The lowest BCUT2D eigenvalue weighted by Crippen LogP contribution is -2.02. The van der Waals surface area contributed by atoms with Crippen molar-refractivity contribution >= 4 is 11.8 Å². The Hall–Kier alpha value is -3.60. The fraction of sp³-hybridized carbons (Fsp3) is 0.200. The lowest BCUT2D eigenvalue weighted by molar-refractivity contribution is 0.0696. The first-order valence-corrected chi connectivity index (χ1v) is 9.77. The van der Waals surface area contributed by atoms with Gasteiger partial charge in [-0.2, -0.15) is 0 Å². The van der Waals surface area contributed by atoms with Crippen molar-refractivity contribution in [3.8, 4) is 11.5 Å². The summed E-state index contributed by atoms with van der Waals surface area (Å²) in [5, 5.41) is 19.5. The van der Waals surface area contributed by atoms with Crippen molar-refractivity contribution in [2.24, 2.45) is 0 Å². The molecule has 0 aromatic heterocycles. The monoisotopic (exact) mass is 404 g/mol. The highest BCUT2D eigenvalue weighted by Crippen LogP contribution is 2.31. The first-order chi connectivity index (χ1) is 14.4. The van der Waals surface area contributed by atoms with Crippen LogP contribution in [0.25, 0.3) is 0 Å². The van der Waals surface area contributed by atoms with E-state index in [9.17, 15) is 14.7 Å². The van der Waals surface area contributed by atoms with Crippen molar-refractivity contribution in [2.45, 2.75) is 33.3 Å². The zero-order valence-electron chi connectivity index (χ0n) is 17.0. The Bertz CT molecular complexity index is 1080. The van der Waals surface area contributed by atoms with Crippen LogP contribution in [0, 0.1) is 6.92 Å². The highest BCUT2D eigenvalue weighted by atomic mass is 16.5. The molecule has 5 heteroatoms. The molecule has 3 aromatic carbocycles. The summed E-state index contributed by atoms with van der Waals surface area (Å²) in [4.78, 5) is 23.0. The number of phenols is 1. The van der Waals surface area contributed by atoms with Crippen LogP contribution in [-0.2, 0) is 13.0 Å². The van der Waals surface area contributed by atoms with E-state index < -0.39 is 5.97 Å². The number of hydrogen-bond acceptors (Lipinski definition) is 4. The summed E-state index contributed by atoms with van der Waals surface area (Å²) >= 11 is 0. The number of ketones is 1. The average molecular weight is 404 g/mol. The molecule has 0 radical (unpaired) electrons. The smallest absolute Gasteiger partial charge is 0.335 e. The second-order valence-electron chi connectivity index (χ2n) is 7.15. The van der Waals surface area contributed by atoms with E-state index in [1.165, 1.54) is 0 Å². The zero-order chi connectivity index (χ0) is 21.7. The Kier molecular flexibility index (Phi) is 6.52. The first-order valence-electron chi connectivity index (χ1n) is 9.77. The van der Waals surface area contributed by atoms with Gasteiger partial charge in [0.05, 0.1) is 11.1 Å². The van der Waals surface area contributed by atoms with Gasteiger partial charge in [-0.1, -0.05) is 43.3 Å². The molecule has 2 N–H and O–H groups in total. The van der Waals surface area contributed by atoms with Crippen molar-refractivity contribution in [1.29, 1.82) is 0 Å². The van der Waals surface area contributed by atoms with Gasteiger partial charge in [0.2, 0.25) is 0 Å². The quantitative estimate of drug-likeness (QED) is 0.507. The lowest BCUT2D eigenvalue weighted by Gasteiger charge is -2.13. The number of phenolic OH excluding ortho intramolecular Hbond substituents is 1. The maximum atomic E-state index is 11.9. The number of ether oxygens (including phenoxy) is 1. The van der Waals surface area contributed by atoms with Crippen LogP contribution in [-0.4, -0.2) is 22.0 Å². The molecule has 0 aliphatic heterocycles. The molecule has 0 unspecified atom stereocenters. The van der Waals surface area contributed by atoms with Gasteiger partial charge in [0.15, 0.2) is 5.78 Å². The minimum atomic E-state index is -0.940. The molecule has 0 spiro atoms. The first kappa shape index (κ1) is 21.1. The molecule has 0 atom stereocenters. The van der Waals surface area contributed by atoms with Crippen LogP contribution in [0.15, 0.2) is 60.7 Å². The highest BCUT2D eigenvalue weighted by molar-refractivity contribution is 5.99.